The number of hydrogen-bond donors (Lipinski definition) is 1. The van der Waals surface area contributed by atoms with Gasteiger partial charge in [0, 0.05) is 22.4 Å². The van der Waals surface area contributed by atoms with Gasteiger partial charge in [0.15, 0.2) is 0 Å². The van der Waals surface area contributed by atoms with Crippen molar-refractivity contribution >= 4 is 29.5 Å². The van der Waals surface area contributed by atoms with E-state index in [1.807, 2.05) is 36.5 Å². The van der Waals surface area contributed by atoms with Crippen LogP contribution in [0.1, 0.15) is 83.1 Å². The van der Waals surface area contributed by atoms with Gasteiger partial charge in [0.05, 0.1) is 15.3 Å². The first-order valence-electron chi connectivity index (χ1n) is 12.6. The van der Waals surface area contributed by atoms with E-state index < -0.39 is 5.97 Å². The highest BCUT2D eigenvalue weighted by Gasteiger charge is 2.21. The summed E-state index contributed by atoms with van der Waals surface area (Å²) in [5.41, 5.74) is 6.97. The van der Waals surface area contributed by atoms with Crippen LogP contribution in [0.3, 0.4) is 0 Å². The molecule has 2 rings (SSSR count). The quantitative estimate of drug-likeness (QED) is 0.161. The number of pyridine rings is 1. The van der Waals surface area contributed by atoms with E-state index in [9.17, 15) is 9.90 Å². The van der Waals surface area contributed by atoms with Crippen molar-refractivity contribution < 1.29 is 9.90 Å². The molecule has 0 radical (unpaired) electrons. The molecule has 0 aliphatic rings. The molecule has 3 nitrogen and oxygen atoms in total. The van der Waals surface area contributed by atoms with Crippen LogP contribution in [0.15, 0.2) is 76.4 Å². The smallest absolute Gasteiger partial charge is 0.337 e. The third-order valence-electron chi connectivity index (χ3n) is 5.84. The summed E-state index contributed by atoms with van der Waals surface area (Å²) in [6.07, 6.45) is 13.2. The minimum atomic E-state index is -0.956. The number of allylic oxidation sites excluding steroid dienone is 5. The van der Waals surface area contributed by atoms with Gasteiger partial charge >= 0.3 is 5.97 Å². The molecule has 1 aromatic carbocycles. The number of thioether (sulfide) groups is 2. The zero-order chi connectivity index (χ0) is 26.7. The summed E-state index contributed by atoms with van der Waals surface area (Å²) < 4.78 is 0.0172. The van der Waals surface area contributed by atoms with Crippen molar-refractivity contribution in [2.24, 2.45) is 0 Å². The molecular weight excluding hydrogens is 482 g/mol. The lowest BCUT2D eigenvalue weighted by atomic mass is 10.0. The Bertz CT molecular complexity index is 1130. The van der Waals surface area contributed by atoms with Gasteiger partial charge in [0.1, 0.15) is 0 Å². The van der Waals surface area contributed by atoms with E-state index in [4.69, 9.17) is 0 Å². The number of carboxylic acids is 1. The monoisotopic (exact) mass is 523 g/mol. The Morgan fingerprint density at radius 1 is 1.00 bits per heavy atom. The number of aryl methyl sites for hydroxylation is 1. The first-order valence-corrected chi connectivity index (χ1v) is 14.4. The minimum absolute atomic E-state index is 0.0172. The van der Waals surface area contributed by atoms with Crippen LogP contribution < -0.4 is 0 Å². The molecule has 0 fully saturated rings. The summed E-state index contributed by atoms with van der Waals surface area (Å²) in [4.78, 5) is 17.1. The van der Waals surface area contributed by atoms with Crippen LogP contribution >= 0.6 is 23.5 Å². The zero-order valence-corrected chi connectivity index (χ0v) is 24.5. The summed E-state index contributed by atoms with van der Waals surface area (Å²) in [7, 11) is 0. The number of aromatic carboxylic acids is 1. The van der Waals surface area contributed by atoms with E-state index in [2.05, 4.69) is 76.9 Å². The van der Waals surface area contributed by atoms with Crippen molar-refractivity contribution in [2.45, 2.75) is 83.1 Å². The maximum absolute atomic E-state index is 11.6. The molecule has 0 saturated carbocycles. The Balaban J connectivity index is 1.90. The number of carboxylic acid groups (broad SMARTS) is 1. The third-order valence-corrected chi connectivity index (χ3v) is 8.45. The van der Waals surface area contributed by atoms with E-state index in [1.165, 1.54) is 21.6 Å². The Morgan fingerprint density at radius 2 is 1.67 bits per heavy atom. The fourth-order valence-electron chi connectivity index (χ4n) is 3.79. The van der Waals surface area contributed by atoms with Gasteiger partial charge in [0.25, 0.3) is 0 Å². The fourth-order valence-corrected chi connectivity index (χ4v) is 6.23. The van der Waals surface area contributed by atoms with Crippen LogP contribution in [0.4, 0.5) is 0 Å². The van der Waals surface area contributed by atoms with Gasteiger partial charge in [-0.3, -0.25) is 4.98 Å². The molecular formula is C31H41NO2S2. The van der Waals surface area contributed by atoms with Gasteiger partial charge < -0.3 is 5.11 Å². The molecule has 1 heterocycles. The second-order valence-corrected chi connectivity index (χ2v) is 13.6. The molecule has 194 valence electrons. The average Bonchev–Trinajstić information content (AvgIpc) is 2.78. The van der Waals surface area contributed by atoms with Crippen LogP contribution in [0, 0.1) is 6.92 Å². The number of aromatic nitrogens is 1. The van der Waals surface area contributed by atoms with Crippen molar-refractivity contribution in [3.8, 4) is 11.3 Å². The van der Waals surface area contributed by atoms with Gasteiger partial charge in [-0.05, 0) is 104 Å². The van der Waals surface area contributed by atoms with Crippen LogP contribution in [0.2, 0.25) is 0 Å². The van der Waals surface area contributed by atoms with Gasteiger partial charge in [-0.1, -0.05) is 41.0 Å². The molecule has 0 atom stereocenters. The van der Waals surface area contributed by atoms with E-state index in [-0.39, 0.29) is 9.64 Å². The largest absolute Gasteiger partial charge is 0.478 e. The van der Waals surface area contributed by atoms with Crippen molar-refractivity contribution in [1.29, 1.82) is 0 Å². The molecule has 1 N–H and O–H groups in total. The number of rotatable bonds is 13. The molecule has 2 aromatic rings. The summed E-state index contributed by atoms with van der Waals surface area (Å²) in [6.45, 7) is 15.3. The van der Waals surface area contributed by atoms with E-state index >= 15 is 0 Å². The highest BCUT2D eigenvalue weighted by atomic mass is 32.2. The molecule has 0 amide bonds. The predicted molar refractivity (Wildman–Crippen MR) is 159 cm³/mol. The molecule has 0 unspecified atom stereocenters. The van der Waals surface area contributed by atoms with Crippen molar-refractivity contribution in [3.05, 3.63) is 82.6 Å². The van der Waals surface area contributed by atoms with Gasteiger partial charge in [-0.2, -0.15) is 0 Å². The summed E-state index contributed by atoms with van der Waals surface area (Å²) in [5, 5.41) is 9.51. The average molecular weight is 524 g/mol. The Kier molecular flexibility index (Phi) is 12.1. The van der Waals surface area contributed by atoms with Gasteiger partial charge in [0.2, 0.25) is 0 Å². The van der Waals surface area contributed by atoms with Crippen molar-refractivity contribution in [2.75, 3.05) is 5.75 Å². The van der Waals surface area contributed by atoms with E-state index in [0.29, 0.717) is 5.69 Å². The SMILES string of the molecule is CC(C)=CCCC(C)=CCCC(C)=CCSC(C)(C)Sc1ccc(-c2ncccc2C(=O)O)c(C)c1. The maximum Gasteiger partial charge on any atom is 0.337 e. The van der Waals surface area contributed by atoms with Crippen molar-refractivity contribution in [3.63, 3.8) is 0 Å². The summed E-state index contributed by atoms with van der Waals surface area (Å²) in [5.74, 6) is 0.0321. The molecule has 0 spiro atoms. The lowest BCUT2D eigenvalue weighted by Gasteiger charge is -2.23. The molecule has 36 heavy (non-hydrogen) atoms. The minimum Gasteiger partial charge on any atom is -0.478 e. The lowest BCUT2D eigenvalue weighted by molar-refractivity contribution is 0.0697. The zero-order valence-electron chi connectivity index (χ0n) is 22.9. The Morgan fingerprint density at radius 3 is 2.31 bits per heavy atom. The van der Waals surface area contributed by atoms with E-state index in [0.717, 1.165) is 42.6 Å². The Labute approximate surface area is 226 Å². The highest BCUT2D eigenvalue weighted by Crippen LogP contribution is 2.42. The highest BCUT2D eigenvalue weighted by molar-refractivity contribution is 8.18. The first-order chi connectivity index (χ1) is 17.0. The normalized spacial score (nSPS) is 12.5. The summed E-state index contributed by atoms with van der Waals surface area (Å²) in [6, 6.07) is 9.46. The van der Waals surface area contributed by atoms with Crippen LogP contribution in [0.5, 0.6) is 0 Å². The topological polar surface area (TPSA) is 50.2 Å². The lowest BCUT2D eigenvalue weighted by Crippen LogP contribution is -2.09. The number of hydrogen-bond acceptors (Lipinski definition) is 4. The number of benzene rings is 1. The molecule has 0 saturated heterocycles. The first kappa shape index (κ1) is 30.0. The number of nitrogens with zero attached hydrogens (tertiary/aromatic N) is 1. The van der Waals surface area contributed by atoms with Crippen LogP contribution in [-0.2, 0) is 0 Å². The van der Waals surface area contributed by atoms with Crippen LogP contribution in [0.25, 0.3) is 11.3 Å². The second-order valence-electron chi connectivity index (χ2n) is 9.95. The molecule has 0 aliphatic heterocycles. The maximum atomic E-state index is 11.6. The second kappa shape index (κ2) is 14.5. The molecule has 1 aromatic heterocycles. The van der Waals surface area contributed by atoms with Gasteiger partial charge in [-0.15, -0.1) is 23.5 Å². The Hall–Kier alpha value is -2.24. The van der Waals surface area contributed by atoms with E-state index in [1.54, 1.807) is 18.3 Å². The number of carbonyl (C=O) groups is 1. The molecule has 0 aliphatic carbocycles. The van der Waals surface area contributed by atoms with Gasteiger partial charge in [-0.25, -0.2) is 4.79 Å². The predicted octanol–water partition coefficient (Wildman–Crippen LogP) is 9.74. The molecule has 0 bridgehead atoms. The fraction of sp³-hybridized carbons (Fsp3) is 0.419. The van der Waals surface area contributed by atoms with Crippen LogP contribution in [-0.4, -0.2) is 25.9 Å². The molecule has 5 heteroatoms. The third kappa shape index (κ3) is 10.4. The van der Waals surface area contributed by atoms with Crippen molar-refractivity contribution in [1.82, 2.24) is 4.98 Å². The summed E-state index contributed by atoms with van der Waals surface area (Å²) >= 11 is 3.78. The standard InChI is InChI=1S/C31H41NO2S2/c1-22(2)11-8-12-23(3)13-9-14-24(4)18-20-35-31(6,7)36-26-16-17-27(25(5)21-26)29-28(30(33)34)15-10-19-32-29/h10-11,13,15-19,21H,8-9,12,14,20H2,1-7H3,(H,33,34).